The number of benzene rings is 1. The highest BCUT2D eigenvalue weighted by atomic mass is 32.1. The Balaban J connectivity index is 1.83. The van der Waals surface area contributed by atoms with Gasteiger partial charge in [-0.1, -0.05) is 51.1 Å². The second-order valence-corrected chi connectivity index (χ2v) is 7.80. The molecule has 0 aliphatic heterocycles. The molecule has 0 spiro atoms. The van der Waals surface area contributed by atoms with Crippen LogP contribution in [0.4, 0.5) is 5.82 Å². The Bertz CT molecular complexity index is 757. The number of ether oxygens (including phenoxy) is 1. The molecule has 0 radical (unpaired) electrons. The van der Waals surface area contributed by atoms with Crippen LogP contribution in [-0.2, 0) is 16.8 Å². The molecule has 0 amide bonds. The van der Waals surface area contributed by atoms with Crippen LogP contribution in [0.15, 0.2) is 41.4 Å². The predicted molar refractivity (Wildman–Crippen MR) is 104 cm³/mol. The van der Waals surface area contributed by atoms with Gasteiger partial charge in [-0.05, 0) is 37.0 Å². The number of hydrogen-bond donors (Lipinski definition) is 0. The first kappa shape index (κ1) is 18.0. The van der Waals surface area contributed by atoms with Crippen LogP contribution in [0.5, 0.6) is 0 Å². The lowest BCUT2D eigenvalue weighted by Crippen LogP contribution is -2.28. The minimum atomic E-state index is -0.0191. The van der Waals surface area contributed by atoms with Crippen molar-refractivity contribution in [2.24, 2.45) is 4.99 Å². The van der Waals surface area contributed by atoms with E-state index in [0.717, 1.165) is 25.0 Å². The normalized spacial score (nSPS) is 20.4. The first-order valence-electron chi connectivity index (χ1n) is 8.82. The molecule has 2 atom stereocenters. The zero-order valence-electron chi connectivity index (χ0n) is 15.1. The zero-order valence-corrected chi connectivity index (χ0v) is 15.9. The summed E-state index contributed by atoms with van der Waals surface area (Å²) in [6, 6.07) is 12.6. The van der Waals surface area contributed by atoms with Crippen molar-refractivity contribution in [3.05, 3.63) is 47.7 Å². The molecule has 4 nitrogen and oxygen atoms in total. The molecule has 0 N–H and O–H groups in total. The average Bonchev–Trinajstić information content (AvgIpc) is 3.20. The van der Waals surface area contributed by atoms with Gasteiger partial charge in [-0.15, -0.1) is 0 Å². The van der Waals surface area contributed by atoms with E-state index >= 15 is 0 Å². The Morgan fingerprint density at radius 2 is 2.04 bits per heavy atom. The van der Waals surface area contributed by atoms with Gasteiger partial charge >= 0.3 is 0 Å². The monoisotopic (exact) mass is 355 g/mol. The Kier molecular flexibility index (Phi) is 5.48. The lowest BCUT2D eigenvalue weighted by Gasteiger charge is -2.27. The summed E-state index contributed by atoms with van der Waals surface area (Å²) < 4.78 is 8.38. The fraction of sp³-hybridized carbons (Fsp3) is 0.500. The smallest absolute Gasteiger partial charge is 0.184 e. The van der Waals surface area contributed by atoms with E-state index in [4.69, 9.17) is 22.1 Å². The standard InChI is InChI=1S/C20H25N3OS/c1-20(2,3)18-12-19(21-14-25)22-23(18)16-10-7-11-17(16)24-13-15-8-5-4-6-9-15/h4-6,8-9,12,16-17H,7,10-11,13H2,1-3H3/t16?,17-/m1/s1. The number of isothiocyanates is 1. The van der Waals surface area contributed by atoms with Crippen molar-refractivity contribution in [2.75, 3.05) is 0 Å². The van der Waals surface area contributed by atoms with Crippen molar-refractivity contribution in [2.45, 2.75) is 64.2 Å². The quantitative estimate of drug-likeness (QED) is 0.545. The van der Waals surface area contributed by atoms with Gasteiger partial charge in [0.1, 0.15) is 0 Å². The topological polar surface area (TPSA) is 39.4 Å². The summed E-state index contributed by atoms with van der Waals surface area (Å²) in [5.74, 6) is 0.633. The summed E-state index contributed by atoms with van der Waals surface area (Å²) in [5.41, 5.74) is 2.35. The highest BCUT2D eigenvalue weighted by Crippen LogP contribution is 2.37. The van der Waals surface area contributed by atoms with Crippen LogP contribution < -0.4 is 0 Å². The fourth-order valence-corrected chi connectivity index (χ4v) is 3.55. The lowest BCUT2D eigenvalue weighted by atomic mass is 9.91. The Morgan fingerprint density at radius 1 is 1.28 bits per heavy atom. The van der Waals surface area contributed by atoms with Crippen molar-refractivity contribution >= 4 is 23.2 Å². The van der Waals surface area contributed by atoms with Crippen LogP contribution in [0.1, 0.15) is 57.3 Å². The minimum absolute atomic E-state index is 0.0191. The van der Waals surface area contributed by atoms with Crippen LogP contribution in [0.3, 0.4) is 0 Å². The molecule has 1 aromatic heterocycles. The fourth-order valence-electron chi connectivity index (χ4n) is 3.45. The molecule has 0 saturated heterocycles. The van der Waals surface area contributed by atoms with Gasteiger partial charge in [0.05, 0.1) is 23.9 Å². The minimum Gasteiger partial charge on any atom is -0.371 e. The molecular formula is C20H25N3OS. The molecule has 1 saturated carbocycles. The molecule has 0 bridgehead atoms. The van der Waals surface area contributed by atoms with E-state index in [1.165, 1.54) is 5.56 Å². The zero-order chi connectivity index (χ0) is 17.9. The molecule has 1 heterocycles. The molecule has 132 valence electrons. The molecular weight excluding hydrogens is 330 g/mol. The van der Waals surface area contributed by atoms with E-state index in [-0.39, 0.29) is 17.6 Å². The molecule has 1 aliphatic rings. The maximum absolute atomic E-state index is 6.27. The van der Waals surface area contributed by atoms with Gasteiger partial charge in [0, 0.05) is 17.2 Å². The Labute approximate surface area is 154 Å². The van der Waals surface area contributed by atoms with Crippen molar-refractivity contribution < 1.29 is 4.74 Å². The highest BCUT2D eigenvalue weighted by Gasteiger charge is 2.34. The van der Waals surface area contributed by atoms with E-state index < -0.39 is 0 Å². The number of thiocarbonyl (C=S) groups is 1. The molecule has 1 fully saturated rings. The first-order chi connectivity index (χ1) is 12.0. The molecule has 1 aliphatic carbocycles. The number of hydrogen-bond acceptors (Lipinski definition) is 4. The Hall–Kier alpha value is -1.81. The molecule has 3 rings (SSSR count). The number of nitrogens with zero attached hydrogens (tertiary/aromatic N) is 3. The van der Waals surface area contributed by atoms with Crippen LogP contribution in [0.2, 0.25) is 0 Å². The SMILES string of the molecule is CC(C)(C)c1cc(N=C=S)nn1C1CCC[C@H]1OCc1ccccc1. The molecule has 2 aromatic rings. The summed E-state index contributed by atoms with van der Waals surface area (Å²) in [6.07, 6.45) is 3.46. The maximum atomic E-state index is 6.27. The average molecular weight is 356 g/mol. The van der Waals surface area contributed by atoms with E-state index in [1.807, 2.05) is 24.3 Å². The van der Waals surface area contributed by atoms with E-state index in [2.05, 4.69) is 47.7 Å². The van der Waals surface area contributed by atoms with E-state index in [9.17, 15) is 0 Å². The van der Waals surface area contributed by atoms with E-state index in [1.54, 1.807) is 0 Å². The third kappa shape index (κ3) is 4.24. The summed E-state index contributed by atoms with van der Waals surface area (Å²) >= 11 is 4.74. The second kappa shape index (κ2) is 7.61. The molecule has 5 heteroatoms. The predicted octanol–water partition coefficient (Wildman–Crippen LogP) is 5.23. The van der Waals surface area contributed by atoms with Gasteiger partial charge < -0.3 is 4.74 Å². The molecule has 25 heavy (non-hydrogen) atoms. The Morgan fingerprint density at radius 3 is 2.72 bits per heavy atom. The second-order valence-electron chi connectivity index (χ2n) is 7.62. The van der Waals surface area contributed by atoms with Gasteiger partial charge in [0.25, 0.3) is 0 Å². The lowest BCUT2D eigenvalue weighted by molar-refractivity contribution is 0.0154. The van der Waals surface area contributed by atoms with Crippen molar-refractivity contribution in [1.29, 1.82) is 0 Å². The van der Waals surface area contributed by atoms with Crippen LogP contribution in [0.25, 0.3) is 0 Å². The van der Waals surface area contributed by atoms with E-state index in [0.29, 0.717) is 12.4 Å². The number of aromatic nitrogens is 2. The van der Waals surface area contributed by atoms with Gasteiger partial charge in [-0.3, -0.25) is 4.68 Å². The van der Waals surface area contributed by atoms with Crippen molar-refractivity contribution in [1.82, 2.24) is 9.78 Å². The van der Waals surface area contributed by atoms with Gasteiger partial charge in [-0.25, -0.2) is 0 Å². The van der Waals surface area contributed by atoms with Crippen molar-refractivity contribution in [3.8, 4) is 0 Å². The number of rotatable bonds is 5. The third-order valence-electron chi connectivity index (χ3n) is 4.69. The van der Waals surface area contributed by atoms with Crippen molar-refractivity contribution in [3.63, 3.8) is 0 Å². The summed E-state index contributed by atoms with van der Waals surface area (Å²) in [5, 5.41) is 7.12. The summed E-state index contributed by atoms with van der Waals surface area (Å²) in [6.45, 7) is 7.22. The summed E-state index contributed by atoms with van der Waals surface area (Å²) in [7, 11) is 0. The van der Waals surface area contributed by atoms with Gasteiger partial charge in [0.2, 0.25) is 0 Å². The molecule has 1 aromatic carbocycles. The van der Waals surface area contributed by atoms with Crippen LogP contribution in [0, 0.1) is 0 Å². The third-order valence-corrected chi connectivity index (χ3v) is 4.78. The van der Waals surface area contributed by atoms with Gasteiger partial charge in [-0.2, -0.15) is 10.1 Å². The van der Waals surface area contributed by atoms with Crippen LogP contribution in [-0.4, -0.2) is 21.0 Å². The van der Waals surface area contributed by atoms with Gasteiger partial charge in [0.15, 0.2) is 5.82 Å². The number of aliphatic imine (C=N–C) groups is 1. The summed E-state index contributed by atoms with van der Waals surface area (Å²) in [4.78, 5) is 4.08. The van der Waals surface area contributed by atoms with Crippen LogP contribution >= 0.6 is 12.2 Å². The largest absolute Gasteiger partial charge is 0.371 e. The first-order valence-corrected chi connectivity index (χ1v) is 9.23. The molecule has 1 unspecified atom stereocenters. The maximum Gasteiger partial charge on any atom is 0.184 e. The highest BCUT2D eigenvalue weighted by molar-refractivity contribution is 7.78.